The van der Waals surface area contributed by atoms with Crippen LogP contribution in [0.4, 0.5) is 5.95 Å². The number of anilines is 1. The number of furan rings is 1. The zero-order valence-electron chi connectivity index (χ0n) is 20.4. The molecule has 2 aliphatic heterocycles. The summed E-state index contributed by atoms with van der Waals surface area (Å²) in [6, 6.07) is 13.4. The van der Waals surface area contributed by atoms with Gasteiger partial charge in [0, 0.05) is 37.5 Å². The third-order valence-corrected chi connectivity index (χ3v) is 8.04. The van der Waals surface area contributed by atoms with E-state index in [9.17, 15) is 9.59 Å². The fourth-order valence-electron chi connectivity index (χ4n) is 5.03. The van der Waals surface area contributed by atoms with Crippen LogP contribution in [0.15, 0.2) is 57.9 Å². The van der Waals surface area contributed by atoms with Crippen LogP contribution >= 0.6 is 11.3 Å². The van der Waals surface area contributed by atoms with E-state index in [0.29, 0.717) is 57.5 Å². The minimum atomic E-state index is -0.312. The predicted octanol–water partition coefficient (Wildman–Crippen LogP) is 3.91. The van der Waals surface area contributed by atoms with Gasteiger partial charge in [-0.15, -0.1) is 11.3 Å². The molecule has 1 saturated heterocycles. The second kappa shape index (κ2) is 8.90. The maximum atomic E-state index is 14.1. The van der Waals surface area contributed by atoms with Crippen molar-refractivity contribution < 1.29 is 13.9 Å². The summed E-state index contributed by atoms with van der Waals surface area (Å²) in [5, 5.41) is 0.720. The van der Waals surface area contributed by atoms with Crippen LogP contribution in [-0.4, -0.2) is 52.1 Å². The van der Waals surface area contributed by atoms with Crippen LogP contribution in [0.5, 0.6) is 0 Å². The summed E-state index contributed by atoms with van der Waals surface area (Å²) in [5.41, 5.74) is 1.79. The minimum Gasteiger partial charge on any atom is -0.459 e. The zero-order valence-corrected chi connectivity index (χ0v) is 21.2. The largest absolute Gasteiger partial charge is 0.459 e. The van der Waals surface area contributed by atoms with Gasteiger partial charge in [0.2, 0.25) is 5.95 Å². The number of aromatic nitrogens is 2. The Balaban J connectivity index is 1.38. The first kappa shape index (κ1) is 23.0. The van der Waals surface area contributed by atoms with Gasteiger partial charge in [0.15, 0.2) is 5.76 Å². The smallest absolute Gasteiger partial charge is 0.289 e. The molecule has 6 rings (SSSR count). The number of carbonyl (C=O) groups is 1. The predicted molar refractivity (Wildman–Crippen MR) is 139 cm³/mol. The summed E-state index contributed by atoms with van der Waals surface area (Å²) in [6.07, 6.45) is 2.20. The molecule has 1 aromatic carbocycles. The molecule has 4 aromatic rings. The van der Waals surface area contributed by atoms with E-state index in [4.69, 9.17) is 14.1 Å². The molecule has 1 fully saturated rings. The Kier molecular flexibility index (Phi) is 5.69. The van der Waals surface area contributed by atoms with Gasteiger partial charge < -0.3 is 19.0 Å². The number of ether oxygens (including phenoxy) is 1. The van der Waals surface area contributed by atoms with Gasteiger partial charge in [0.25, 0.3) is 11.5 Å². The van der Waals surface area contributed by atoms with Gasteiger partial charge in [0.1, 0.15) is 4.83 Å². The van der Waals surface area contributed by atoms with E-state index in [-0.39, 0.29) is 17.1 Å². The maximum absolute atomic E-state index is 14.1. The highest BCUT2D eigenvalue weighted by Gasteiger charge is 2.32. The number of piperazine rings is 1. The topological polar surface area (TPSA) is 80.8 Å². The molecule has 0 saturated carbocycles. The average molecular weight is 505 g/mol. The van der Waals surface area contributed by atoms with Gasteiger partial charge in [-0.3, -0.25) is 14.2 Å². The van der Waals surface area contributed by atoms with Gasteiger partial charge in [-0.05, 0) is 37.1 Å². The summed E-state index contributed by atoms with van der Waals surface area (Å²) in [6.45, 7) is 7.29. The van der Waals surface area contributed by atoms with Crippen molar-refractivity contribution in [2.45, 2.75) is 39.0 Å². The van der Waals surface area contributed by atoms with Crippen molar-refractivity contribution in [2.75, 3.05) is 31.1 Å². The molecule has 0 atom stereocenters. The Morgan fingerprint density at radius 1 is 1.08 bits per heavy atom. The summed E-state index contributed by atoms with van der Waals surface area (Å²) >= 11 is 1.56. The molecule has 0 radical (unpaired) electrons. The summed E-state index contributed by atoms with van der Waals surface area (Å²) in [5.74, 6) is 0.886. The lowest BCUT2D eigenvalue weighted by Crippen LogP contribution is -2.50. The number of benzene rings is 1. The van der Waals surface area contributed by atoms with Gasteiger partial charge >= 0.3 is 0 Å². The van der Waals surface area contributed by atoms with Gasteiger partial charge in [-0.25, -0.2) is 4.98 Å². The normalized spacial score (nSPS) is 17.4. The molecule has 0 N–H and O–H groups in total. The maximum Gasteiger partial charge on any atom is 0.289 e. The molecule has 8 nitrogen and oxygen atoms in total. The number of hydrogen-bond acceptors (Lipinski definition) is 7. The van der Waals surface area contributed by atoms with Crippen molar-refractivity contribution in [1.82, 2.24) is 14.5 Å². The first-order chi connectivity index (χ1) is 17.4. The quantitative estimate of drug-likeness (QED) is 0.419. The fraction of sp³-hybridized carbons (Fsp3) is 0.370. The van der Waals surface area contributed by atoms with Crippen LogP contribution in [0.2, 0.25) is 0 Å². The molecule has 1 amide bonds. The molecule has 0 spiro atoms. The van der Waals surface area contributed by atoms with Crippen molar-refractivity contribution in [2.24, 2.45) is 0 Å². The Bertz CT molecular complexity index is 1470. The first-order valence-corrected chi connectivity index (χ1v) is 13.0. The highest BCUT2D eigenvalue weighted by Crippen LogP contribution is 2.37. The van der Waals surface area contributed by atoms with E-state index >= 15 is 0 Å². The Labute approximate surface area is 212 Å². The van der Waals surface area contributed by atoms with Crippen molar-refractivity contribution in [3.05, 3.63) is 80.8 Å². The SMILES string of the molecule is CC1(C)Cc2c(sc3nc(N4CCN(C(=O)c5ccco5)CC4)n(Cc4ccccc4)c(=O)c23)CO1. The van der Waals surface area contributed by atoms with Crippen LogP contribution in [0.25, 0.3) is 10.2 Å². The van der Waals surface area contributed by atoms with Crippen molar-refractivity contribution in [3.63, 3.8) is 0 Å². The van der Waals surface area contributed by atoms with Crippen LogP contribution in [0, 0.1) is 0 Å². The van der Waals surface area contributed by atoms with Crippen LogP contribution in [0.3, 0.4) is 0 Å². The lowest BCUT2D eigenvalue weighted by molar-refractivity contribution is -0.0379. The third-order valence-electron chi connectivity index (χ3n) is 6.94. The lowest BCUT2D eigenvalue weighted by atomic mass is 9.94. The zero-order chi connectivity index (χ0) is 24.9. The Hall–Kier alpha value is -3.43. The molecule has 0 aliphatic carbocycles. The number of nitrogens with zero attached hydrogens (tertiary/aromatic N) is 4. The monoisotopic (exact) mass is 504 g/mol. The fourth-order valence-corrected chi connectivity index (χ4v) is 6.12. The van der Waals surface area contributed by atoms with Crippen molar-refractivity contribution in [1.29, 1.82) is 0 Å². The number of carbonyl (C=O) groups excluding carboxylic acids is 1. The number of hydrogen-bond donors (Lipinski definition) is 0. The number of rotatable bonds is 4. The standard InChI is InChI=1S/C27H28N4O4S/c1-27(2)15-19-21(17-35-27)36-23-22(19)25(33)31(16-18-7-4-3-5-8-18)26(28-23)30-12-10-29(11-13-30)24(32)20-9-6-14-34-20/h3-9,14H,10-13,15-17H2,1-2H3. The number of thiophene rings is 1. The first-order valence-electron chi connectivity index (χ1n) is 12.2. The van der Waals surface area contributed by atoms with Crippen molar-refractivity contribution in [3.8, 4) is 0 Å². The molecule has 5 heterocycles. The molecule has 3 aromatic heterocycles. The number of amides is 1. The molecular weight excluding hydrogens is 476 g/mol. The molecule has 2 aliphatic rings. The van der Waals surface area contributed by atoms with E-state index in [1.165, 1.54) is 6.26 Å². The molecule has 0 unspecified atom stereocenters. The third kappa shape index (κ3) is 4.12. The molecule has 186 valence electrons. The van der Waals surface area contributed by atoms with Gasteiger partial charge in [-0.1, -0.05) is 30.3 Å². The van der Waals surface area contributed by atoms with Crippen LogP contribution < -0.4 is 10.5 Å². The summed E-state index contributed by atoms with van der Waals surface area (Å²) < 4.78 is 13.1. The molecule has 36 heavy (non-hydrogen) atoms. The highest BCUT2D eigenvalue weighted by molar-refractivity contribution is 7.18. The molecule has 9 heteroatoms. The average Bonchev–Trinajstić information content (AvgIpc) is 3.54. The van der Waals surface area contributed by atoms with Crippen LogP contribution in [0.1, 0.15) is 40.4 Å². The van der Waals surface area contributed by atoms with E-state index in [0.717, 1.165) is 26.2 Å². The molecular formula is C27H28N4O4S. The summed E-state index contributed by atoms with van der Waals surface area (Å²) in [4.78, 5) is 37.6. The number of fused-ring (bicyclic) bond motifs is 3. The summed E-state index contributed by atoms with van der Waals surface area (Å²) in [7, 11) is 0. The second-order valence-corrected chi connectivity index (χ2v) is 11.0. The van der Waals surface area contributed by atoms with Gasteiger partial charge in [0.05, 0.1) is 30.4 Å². The Morgan fingerprint density at radius 3 is 2.58 bits per heavy atom. The van der Waals surface area contributed by atoms with Crippen molar-refractivity contribution >= 4 is 33.4 Å². The van der Waals surface area contributed by atoms with E-state index in [1.54, 1.807) is 32.9 Å². The lowest BCUT2D eigenvalue weighted by Gasteiger charge is -2.35. The minimum absolute atomic E-state index is 0.0110. The highest BCUT2D eigenvalue weighted by atomic mass is 32.1. The van der Waals surface area contributed by atoms with Gasteiger partial charge in [-0.2, -0.15) is 0 Å². The van der Waals surface area contributed by atoms with E-state index in [1.807, 2.05) is 30.3 Å². The Morgan fingerprint density at radius 2 is 1.86 bits per heavy atom. The van der Waals surface area contributed by atoms with E-state index in [2.05, 4.69) is 18.7 Å². The van der Waals surface area contributed by atoms with E-state index < -0.39 is 0 Å². The molecule has 0 bridgehead atoms. The van der Waals surface area contributed by atoms with Crippen LogP contribution in [-0.2, 0) is 24.3 Å². The second-order valence-electron chi connectivity index (χ2n) is 9.95.